The zero-order chi connectivity index (χ0) is 41.0. The third-order valence-corrected chi connectivity index (χ3v) is 11.9. The summed E-state index contributed by atoms with van der Waals surface area (Å²) in [5, 5.41) is 16.8. The SMILES string of the molecule is CCC(Oc1ccc(C(C)(C)CC)cc1C(C)(C)CC)C(=O)Nc1ccc(OC)c(NC(=O)C(C(=O)C2(CC)CC2)n2c(O)cn(Cc3ccccc3)c2=O)c1. The average molecular weight is 767 g/mol. The first-order valence-electron chi connectivity index (χ1n) is 19.7. The Balaban J connectivity index is 1.42. The zero-order valence-corrected chi connectivity index (χ0v) is 34.3. The Kier molecular flexibility index (Phi) is 12.6. The van der Waals surface area contributed by atoms with Crippen LogP contribution in [0.1, 0.15) is 117 Å². The van der Waals surface area contributed by atoms with Crippen molar-refractivity contribution in [1.82, 2.24) is 9.13 Å². The second-order valence-corrected chi connectivity index (χ2v) is 16.2. The lowest BCUT2D eigenvalue weighted by molar-refractivity contribution is -0.134. The van der Waals surface area contributed by atoms with Crippen LogP contribution in [0.5, 0.6) is 17.4 Å². The van der Waals surface area contributed by atoms with Crippen molar-refractivity contribution in [2.24, 2.45) is 5.41 Å². The molecule has 300 valence electrons. The van der Waals surface area contributed by atoms with Crippen molar-refractivity contribution in [2.45, 2.75) is 123 Å². The van der Waals surface area contributed by atoms with Gasteiger partial charge in [0.15, 0.2) is 17.9 Å². The smallest absolute Gasteiger partial charge is 0.332 e. The first kappa shape index (κ1) is 41.8. The number of Topliss-reactive ketones (excluding diaryl/α,β-unsaturated/α-hetero) is 1. The van der Waals surface area contributed by atoms with Crippen molar-refractivity contribution < 1.29 is 29.0 Å². The minimum absolute atomic E-state index is 0.0213. The summed E-state index contributed by atoms with van der Waals surface area (Å²) in [7, 11) is 1.44. The molecule has 1 aliphatic carbocycles. The van der Waals surface area contributed by atoms with E-state index in [1.54, 1.807) is 12.1 Å². The lowest BCUT2D eigenvalue weighted by Gasteiger charge is -2.31. The molecule has 2 atom stereocenters. The number of aromatic hydroxyl groups is 1. The normalized spacial score (nSPS) is 14.7. The molecule has 2 unspecified atom stereocenters. The highest BCUT2D eigenvalue weighted by molar-refractivity contribution is 6.12. The number of ketones is 1. The van der Waals surface area contributed by atoms with Crippen LogP contribution in [0.15, 0.2) is 77.7 Å². The van der Waals surface area contributed by atoms with Gasteiger partial charge < -0.3 is 25.2 Å². The van der Waals surface area contributed by atoms with E-state index in [1.165, 1.54) is 29.5 Å². The number of nitrogens with one attached hydrogen (secondary N) is 2. The number of ether oxygens (including phenoxy) is 2. The quantitative estimate of drug-likeness (QED) is 0.0863. The molecule has 0 spiro atoms. The van der Waals surface area contributed by atoms with Crippen LogP contribution >= 0.6 is 0 Å². The number of nitrogens with zero attached hydrogens (tertiary/aromatic N) is 2. The number of methoxy groups -OCH3 is 1. The van der Waals surface area contributed by atoms with E-state index in [0.717, 1.165) is 28.5 Å². The van der Waals surface area contributed by atoms with Gasteiger partial charge in [0.2, 0.25) is 5.88 Å². The summed E-state index contributed by atoms with van der Waals surface area (Å²) in [6.45, 7) is 17.0. The van der Waals surface area contributed by atoms with E-state index in [-0.39, 0.29) is 34.7 Å². The molecule has 2 amide bonds. The summed E-state index contributed by atoms with van der Waals surface area (Å²) in [5.41, 5.74) is 1.90. The summed E-state index contributed by atoms with van der Waals surface area (Å²) in [6.07, 6.45) is 4.30. The van der Waals surface area contributed by atoms with E-state index in [9.17, 15) is 24.3 Å². The number of anilines is 2. The number of hydrogen-bond donors (Lipinski definition) is 3. The van der Waals surface area contributed by atoms with E-state index in [1.807, 2.05) is 50.2 Å². The molecule has 11 heteroatoms. The number of imidazole rings is 1. The van der Waals surface area contributed by atoms with E-state index in [4.69, 9.17) is 9.47 Å². The fraction of sp³-hybridized carbons (Fsp3) is 0.467. The molecule has 1 fully saturated rings. The van der Waals surface area contributed by atoms with Crippen LogP contribution in [0.2, 0.25) is 0 Å². The average Bonchev–Trinajstić information content (AvgIpc) is 3.95. The van der Waals surface area contributed by atoms with Gasteiger partial charge in [-0.05, 0) is 84.7 Å². The molecule has 0 aliphatic heterocycles. The molecule has 3 aromatic carbocycles. The summed E-state index contributed by atoms with van der Waals surface area (Å²) in [4.78, 5) is 56.0. The van der Waals surface area contributed by atoms with Crippen LogP contribution in [-0.2, 0) is 31.8 Å². The van der Waals surface area contributed by atoms with Crippen molar-refractivity contribution in [1.29, 1.82) is 0 Å². The maximum absolute atomic E-state index is 14.2. The summed E-state index contributed by atoms with van der Waals surface area (Å²) < 4.78 is 14.2. The Labute approximate surface area is 330 Å². The number of aromatic nitrogens is 2. The van der Waals surface area contributed by atoms with E-state index < -0.39 is 40.8 Å². The number of carbonyl (C=O) groups is 3. The molecular weight excluding hydrogens is 709 g/mol. The molecule has 1 aromatic heterocycles. The Morgan fingerprint density at radius 2 is 1.52 bits per heavy atom. The minimum Gasteiger partial charge on any atom is -0.495 e. The third kappa shape index (κ3) is 8.72. The minimum atomic E-state index is -1.65. The van der Waals surface area contributed by atoms with Gasteiger partial charge in [0.25, 0.3) is 11.8 Å². The third-order valence-electron chi connectivity index (χ3n) is 11.9. The second kappa shape index (κ2) is 16.8. The first-order chi connectivity index (χ1) is 26.5. The summed E-state index contributed by atoms with van der Waals surface area (Å²) in [5.74, 6) is -1.22. The molecule has 1 aliphatic rings. The van der Waals surface area contributed by atoms with E-state index in [0.29, 0.717) is 37.1 Å². The standard InChI is InChI=1S/C45H58N4O7/c1-10-34(56-35-21-19-30(43(5,6)11-2)25-32(35)44(7,8)12-3)40(52)46-31-20-22-36(55-9)33(26-31)47-41(53)38(39(51)45(13-4)23-24-45)49-37(50)28-48(42(49)54)27-29-17-15-14-16-18-29/h14-22,25-26,28,34,38,50H,10-13,23-24,27H2,1-9H3,(H,46,52)(H,47,53). The van der Waals surface area contributed by atoms with Crippen molar-refractivity contribution >= 4 is 29.0 Å². The number of hydrogen-bond acceptors (Lipinski definition) is 7. The maximum atomic E-state index is 14.2. The van der Waals surface area contributed by atoms with Crippen molar-refractivity contribution in [3.63, 3.8) is 0 Å². The molecule has 4 aromatic rings. The van der Waals surface area contributed by atoms with Gasteiger partial charge in [-0.2, -0.15) is 0 Å². The first-order valence-corrected chi connectivity index (χ1v) is 19.7. The molecule has 3 N–H and O–H groups in total. The molecular formula is C45H58N4O7. The molecule has 56 heavy (non-hydrogen) atoms. The van der Waals surface area contributed by atoms with Crippen LogP contribution in [0.3, 0.4) is 0 Å². The number of benzene rings is 3. The summed E-state index contributed by atoms with van der Waals surface area (Å²) >= 11 is 0. The van der Waals surface area contributed by atoms with Gasteiger partial charge in [-0.1, -0.05) is 97.9 Å². The van der Waals surface area contributed by atoms with Crippen LogP contribution < -0.4 is 25.8 Å². The molecule has 0 saturated heterocycles. The molecule has 1 heterocycles. The number of amides is 2. The fourth-order valence-electron chi connectivity index (χ4n) is 6.96. The predicted molar refractivity (Wildman–Crippen MR) is 220 cm³/mol. The predicted octanol–water partition coefficient (Wildman–Crippen LogP) is 8.52. The maximum Gasteiger partial charge on any atom is 0.332 e. The van der Waals surface area contributed by atoms with Crippen molar-refractivity contribution in [3.8, 4) is 17.4 Å². The molecule has 0 radical (unpaired) electrons. The Morgan fingerprint density at radius 1 is 0.857 bits per heavy atom. The van der Waals surface area contributed by atoms with Crippen LogP contribution in [0.4, 0.5) is 11.4 Å². The lowest BCUT2D eigenvalue weighted by atomic mass is 9.76. The van der Waals surface area contributed by atoms with E-state index in [2.05, 4.69) is 64.3 Å². The highest BCUT2D eigenvalue weighted by Crippen LogP contribution is 2.52. The molecule has 0 bridgehead atoms. The zero-order valence-electron chi connectivity index (χ0n) is 34.3. The van der Waals surface area contributed by atoms with Crippen LogP contribution in [-0.4, -0.2) is 45.1 Å². The van der Waals surface area contributed by atoms with E-state index >= 15 is 0 Å². The Hall–Kier alpha value is -5.32. The van der Waals surface area contributed by atoms with Gasteiger partial charge in [-0.3, -0.25) is 19.0 Å². The van der Waals surface area contributed by atoms with Gasteiger partial charge in [0.05, 0.1) is 25.5 Å². The van der Waals surface area contributed by atoms with Crippen molar-refractivity contribution in [2.75, 3.05) is 17.7 Å². The number of carbonyl (C=O) groups excluding carboxylic acids is 3. The molecule has 5 rings (SSSR count). The monoisotopic (exact) mass is 766 g/mol. The van der Waals surface area contributed by atoms with Crippen LogP contribution in [0, 0.1) is 5.41 Å². The van der Waals surface area contributed by atoms with Crippen molar-refractivity contribution in [3.05, 3.63) is 100 Å². The topological polar surface area (TPSA) is 141 Å². The largest absolute Gasteiger partial charge is 0.495 e. The fourth-order valence-corrected chi connectivity index (χ4v) is 6.96. The Morgan fingerprint density at radius 3 is 2.11 bits per heavy atom. The Bertz CT molecular complexity index is 2110. The highest BCUT2D eigenvalue weighted by Gasteiger charge is 2.53. The number of rotatable bonds is 18. The van der Waals surface area contributed by atoms with Gasteiger partial charge >= 0.3 is 5.69 Å². The van der Waals surface area contributed by atoms with Gasteiger partial charge in [-0.25, -0.2) is 9.36 Å². The summed E-state index contributed by atoms with van der Waals surface area (Å²) in [6, 6.07) is 18.6. The highest BCUT2D eigenvalue weighted by atomic mass is 16.5. The van der Waals surface area contributed by atoms with Gasteiger partial charge in [0.1, 0.15) is 11.5 Å². The van der Waals surface area contributed by atoms with Gasteiger partial charge in [0, 0.05) is 16.7 Å². The van der Waals surface area contributed by atoms with Crippen LogP contribution in [0.25, 0.3) is 0 Å². The lowest BCUT2D eigenvalue weighted by Crippen LogP contribution is -2.41. The molecule has 1 saturated carbocycles. The van der Waals surface area contributed by atoms with Gasteiger partial charge in [-0.15, -0.1) is 0 Å². The molecule has 11 nitrogen and oxygen atoms in total. The second-order valence-electron chi connectivity index (χ2n) is 16.2.